The molecule has 4 heteroatoms. The molecule has 0 amide bonds. The molecule has 0 saturated heterocycles. The van der Waals surface area contributed by atoms with E-state index in [4.69, 9.17) is 4.74 Å². The third kappa shape index (κ3) is 5.25. The summed E-state index contributed by atoms with van der Waals surface area (Å²) in [6.07, 6.45) is 1.22. The maximum atomic E-state index is 11.7. The van der Waals surface area contributed by atoms with E-state index in [1.54, 1.807) is 41.5 Å². The fraction of sp³-hybridized carbons (Fsp3) is 0.643. The van der Waals surface area contributed by atoms with Crippen LogP contribution in [-0.4, -0.2) is 17.7 Å². The van der Waals surface area contributed by atoms with Gasteiger partial charge in [0.25, 0.3) is 0 Å². The van der Waals surface area contributed by atoms with Gasteiger partial charge in [0.05, 0.1) is 5.41 Å². The van der Waals surface area contributed by atoms with Crippen molar-refractivity contribution in [3.63, 3.8) is 0 Å². The average molecular weight is 254 g/mol. The van der Waals surface area contributed by atoms with Gasteiger partial charge in [0.15, 0.2) is 5.78 Å². The molecule has 0 atom stereocenters. The van der Waals surface area contributed by atoms with Crippen LogP contribution in [0.2, 0.25) is 0 Å². The molecule has 0 spiro atoms. The Balaban J connectivity index is 4.78. The van der Waals surface area contributed by atoms with Crippen LogP contribution in [0.5, 0.6) is 0 Å². The standard InChI is InChI=1S/C14H22O4/c1-9(8-10(15)13(2,3)4)11(16)18-12(17)14(5,6)7/h8H,1-7H3. The molecule has 0 fully saturated rings. The van der Waals surface area contributed by atoms with E-state index in [1.807, 2.05) is 0 Å². The van der Waals surface area contributed by atoms with Crippen molar-refractivity contribution in [3.8, 4) is 0 Å². The summed E-state index contributed by atoms with van der Waals surface area (Å²) < 4.78 is 4.69. The van der Waals surface area contributed by atoms with Crippen LogP contribution in [0.15, 0.2) is 11.6 Å². The number of ketones is 1. The quantitative estimate of drug-likeness (QED) is 0.432. The predicted octanol–water partition coefficient (Wildman–Crippen LogP) is 2.66. The summed E-state index contributed by atoms with van der Waals surface area (Å²) in [6, 6.07) is 0. The second kappa shape index (κ2) is 5.46. The van der Waals surface area contributed by atoms with Crippen molar-refractivity contribution < 1.29 is 19.1 Å². The third-order valence-electron chi connectivity index (χ3n) is 2.21. The van der Waals surface area contributed by atoms with Crippen molar-refractivity contribution >= 4 is 17.7 Å². The molecule has 0 aliphatic carbocycles. The van der Waals surface area contributed by atoms with E-state index in [-0.39, 0.29) is 11.4 Å². The van der Waals surface area contributed by atoms with Crippen LogP contribution >= 0.6 is 0 Å². The lowest BCUT2D eigenvalue weighted by molar-refractivity contribution is -0.163. The number of allylic oxidation sites excluding steroid dienone is 1. The van der Waals surface area contributed by atoms with Crippen molar-refractivity contribution in [2.45, 2.75) is 48.5 Å². The van der Waals surface area contributed by atoms with Crippen molar-refractivity contribution in [3.05, 3.63) is 11.6 Å². The van der Waals surface area contributed by atoms with Crippen LogP contribution in [0.1, 0.15) is 48.5 Å². The van der Waals surface area contributed by atoms with Crippen LogP contribution in [0, 0.1) is 10.8 Å². The summed E-state index contributed by atoms with van der Waals surface area (Å²) in [6.45, 7) is 11.7. The van der Waals surface area contributed by atoms with Gasteiger partial charge >= 0.3 is 11.9 Å². The van der Waals surface area contributed by atoms with E-state index >= 15 is 0 Å². The van der Waals surface area contributed by atoms with Crippen molar-refractivity contribution in [2.75, 3.05) is 0 Å². The van der Waals surface area contributed by atoms with E-state index in [0.29, 0.717) is 0 Å². The minimum absolute atomic E-state index is 0.132. The van der Waals surface area contributed by atoms with Gasteiger partial charge in [0.2, 0.25) is 0 Å². The molecule has 0 bridgehead atoms. The highest BCUT2D eigenvalue weighted by atomic mass is 16.6. The smallest absolute Gasteiger partial charge is 0.341 e. The van der Waals surface area contributed by atoms with Gasteiger partial charge in [-0.25, -0.2) is 4.79 Å². The highest BCUT2D eigenvalue weighted by Gasteiger charge is 2.27. The van der Waals surface area contributed by atoms with E-state index in [2.05, 4.69) is 0 Å². The molecule has 0 saturated carbocycles. The van der Waals surface area contributed by atoms with Crippen LogP contribution in [0.4, 0.5) is 0 Å². The molecular weight excluding hydrogens is 232 g/mol. The molecule has 0 aromatic carbocycles. The molecule has 0 aromatic rings. The number of ether oxygens (including phenoxy) is 1. The maximum absolute atomic E-state index is 11.7. The minimum atomic E-state index is -0.771. The molecule has 0 aromatic heterocycles. The Morgan fingerprint density at radius 1 is 0.889 bits per heavy atom. The molecule has 0 radical (unpaired) electrons. The van der Waals surface area contributed by atoms with Crippen molar-refractivity contribution in [2.24, 2.45) is 10.8 Å². The first-order valence-corrected chi connectivity index (χ1v) is 5.85. The molecule has 18 heavy (non-hydrogen) atoms. The Morgan fingerprint density at radius 3 is 1.67 bits per heavy atom. The number of esters is 2. The van der Waals surface area contributed by atoms with Gasteiger partial charge < -0.3 is 4.74 Å². The monoisotopic (exact) mass is 254 g/mol. The first kappa shape index (κ1) is 16.6. The number of rotatable bonds is 2. The number of hydrogen-bond acceptors (Lipinski definition) is 4. The Kier molecular flexibility index (Phi) is 5.02. The van der Waals surface area contributed by atoms with Gasteiger partial charge in [-0.2, -0.15) is 0 Å². The van der Waals surface area contributed by atoms with Crippen molar-refractivity contribution in [1.82, 2.24) is 0 Å². The van der Waals surface area contributed by atoms with Crippen LogP contribution in [0.3, 0.4) is 0 Å². The highest BCUT2D eigenvalue weighted by molar-refractivity contribution is 6.04. The molecular formula is C14H22O4. The van der Waals surface area contributed by atoms with Crippen molar-refractivity contribution in [1.29, 1.82) is 0 Å². The fourth-order valence-electron chi connectivity index (χ4n) is 0.790. The van der Waals surface area contributed by atoms with Gasteiger partial charge in [-0.15, -0.1) is 0 Å². The van der Waals surface area contributed by atoms with E-state index < -0.39 is 22.8 Å². The Hall–Kier alpha value is -1.45. The maximum Gasteiger partial charge on any atom is 0.341 e. The molecule has 0 N–H and O–H groups in total. The second-order valence-corrected chi connectivity index (χ2v) is 6.37. The number of carbonyl (C=O) groups excluding carboxylic acids is 3. The Bertz CT molecular complexity index is 389. The lowest BCUT2D eigenvalue weighted by Crippen LogP contribution is -2.26. The van der Waals surface area contributed by atoms with Crippen LogP contribution in [-0.2, 0) is 19.1 Å². The van der Waals surface area contributed by atoms with E-state index in [9.17, 15) is 14.4 Å². The van der Waals surface area contributed by atoms with Crippen LogP contribution < -0.4 is 0 Å². The summed E-state index contributed by atoms with van der Waals surface area (Å²) in [4.78, 5) is 34.8. The molecule has 4 nitrogen and oxygen atoms in total. The van der Waals surface area contributed by atoms with Gasteiger partial charge in [-0.1, -0.05) is 20.8 Å². The zero-order valence-electron chi connectivity index (χ0n) is 12.2. The molecule has 0 heterocycles. The Labute approximate surface area is 108 Å². The summed E-state index contributed by atoms with van der Waals surface area (Å²) in [5.41, 5.74) is -1.17. The predicted molar refractivity (Wildman–Crippen MR) is 68.8 cm³/mol. The fourth-order valence-corrected chi connectivity index (χ4v) is 0.790. The molecule has 0 aliphatic heterocycles. The van der Waals surface area contributed by atoms with Gasteiger partial charge in [0, 0.05) is 11.0 Å². The molecule has 0 rings (SSSR count). The minimum Gasteiger partial charge on any atom is -0.389 e. The van der Waals surface area contributed by atoms with Gasteiger partial charge in [-0.05, 0) is 33.8 Å². The highest BCUT2D eigenvalue weighted by Crippen LogP contribution is 2.18. The van der Waals surface area contributed by atoms with Gasteiger partial charge in [-0.3, -0.25) is 9.59 Å². The topological polar surface area (TPSA) is 60.4 Å². The van der Waals surface area contributed by atoms with Gasteiger partial charge in [0.1, 0.15) is 0 Å². The van der Waals surface area contributed by atoms with Crippen LogP contribution in [0.25, 0.3) is 0 Å². The summed E-state index contributed by atoms with van der Waals surface area (Å²) in [7, 11) is 0. The first-order chi connectivity index (χ1) is 7.85. The lowest BCUT2D eigenvalue weighted by Gasteiger charge is -2.16. The second-order valence-electron chi connectivity index (χ2n) is 6.37. The Morgan fingerprint density at radius 2 is 1.33 bits per heavy atom. The van der Waals surface area contributed by atoms with E-state index in [0.717, 1.165) is 0 Å². The zero-order chi connectivity index (χ0) is 14.7. The normalized spacial score (nSPS) is 13.2. The number of hydrogen-bond donors (Lipinski definition) is 0. The number of carbonyl (C=O) groups is 3. The lowest BCUT2D eigenvalue weighted by atomic mass is 9.90. The summed E-state index contributed by atoms with van der Waals surface area (Å²) in [5.74, 6) is -1.56. The zero-order valence-corrected chi connectivity index (χ0v) is 12.2. The summed E-state index contributed by atoms with van der Waals surface area (Å²) >= 11 is 0. The van der Waals surface area contributed by atoms with E-state index in [1.165, 1.54) is 13.0 Å². The average Bonchev–Trinajstić information content (AvgIpc) is 2.14. The molecule has 0 aliphatic rings. The SMILES string of the molecule is CC(=CC(=O)C(C)(C)C)C(=O)OC(=O)C(C)(C)C. The largest absolute Gasteiger partial charge is 0.389 e. The third-order valence-corrected chi connectivity index (χ3v) is 2.21. The summed E-state index contributed by atoms with van der Waals surface area (Å²) in [5, 5.41) is 0. The first-order valence-electron chi connectivity index (χ1n) is 5.85. The molecule has 102 valence electrons. The molecule has 0 unspecified atom stereocenters.